The smallest absolute Gasteiger partial charge is 0.230 e. The number of hydrogen-bond donors (Lipinski definition) is 1. The van der Waals surface area contributed by atoms with Crippen LogP contribution in [0.15, 0.2) is 35.0 Å². The summed E-state index contributed by atoms with van der Waals surface area (Å²) in [4.78, 5) is 41.5. The molecule has 1 spiro atoms. The summed E-state index contributed by atoms with van der Waals surface area (Å²) in [6.45, 7) is 6.66. The number of hydrogen-bond acceptors (Lipinski definition) is 5. The van der Waals surface area contributed by atoms with Crippen LogP contribution < -0.4 is 5.32 Å². The summed E-state index contributed by atoms with van der Waals surface area (Å²) < 4.78 is 11.9. The van der Waals surface area contributed by atoms with E-state index in [2.05, 4.69) is 19.2 Å². The van der Waals surface area contributed by atoms with E-state index in [-0.39, 0.29) is 29.9 Å². The normalized spacial score (nSPS) is 39.0. The quantitative estimate of drug-likeness (QED) is 0.750. The molecule has 160 valence electrons. The minimum Gasteiger partial charge on any atom is -0.467 e. The molecule has 7 heteroatoms. The second-order valence-corrected chi connectivity index (χ2v) is 9.45. The summed E-state index contributed by atoms with van der Waals surface area (Å²) in [5.74, 6) is -0.628. The van der Waals surface area contributed by atoms with Crippen molar-refractivity contribution in [3.63, 3.8) is 0 Å². The predicted octanol–water partition coefficient (Wildman–Crippen LogP) is 2.24. The van der Waals surface area contributed by atoms with Gasteiger partial charge in [0.25, 0.3) is 0 Å². The van der Waals surface area contributed by atoms with Gasteiger partial charge in [0.2, 0.25) is 11.8 Å². The van der Waals surface area contributed by atoms with Gasteiger partial charge in [-0.15, -0.1) is 0 Å². The van der Waals surface area contributed by atoms with Gasteiger partial charge in [-0.3, -0.25) is 14.4 Å². The lowest BCUT2D eigenvalue weighted by atomic mass is 9.70. The van der Waals surface area contributed by atoms with Crippen molar-refractivity contribution in [2.24, 2.45) is 23.7 Å². The van der Waals surface area contributed by atoms with Gasteiger partial charge in [-0.25, -0.2) is 0 Å². The zero-order valence-electron chi connectivity index (χ0n) is 17.5. The topological polar surface area (TPSA) is 88.8 Å². The molecule has 7 nitrogen and oxygen atoms in total. The molecule has 5 heterocycles. The van der Waals surface area contributed by atoms with Crippen LogP contribution in [0.5, 0.6) is 0 Å². The van der Waals surface area contributed by atoms with E-state index in [1.54, 1.807) is 23.3 Å². The highest BCUT2D eigenvalue weighted by Crippen LogP contribution is 2.59. The van der Waals surface area contributed by atoms with Crippen molar-refractivity contribution in [3.05, 3.63) is 36.3 Å². The standard InChI is InChI=1S/C23H28N2O5/c1-12(2)7-9-24-21(27)18-17-6-8-23(30-17)19(18)22(28)25-14(16-5-4-10-29-16)11-15(26)13(3)20(23)25/h4-6,8,10,12-14,17-20H,7,9,11H2,1-3H3,(H,24,27)/t13?,14?,17?,18?,19?,20?,23-/m0/s1. The van der Waals surface area contributed by atoms with Crippen LogP contribution in [0.1, 0.15) is 45.4 Å². The van der Waals surface area contributed by atoms with Crippen LogP contribution in [0, 0.1) is 23.7 Å². The molecule has 4 aliphatic heterocycles. The molecule has 6 unspecified atom stereocenters. The first-order chi connectivity index (χ1) is 14.3. The molecule has 2 amide bonds. The number of nitrogens with zero attached hydrogens (tertiary/aromatic N) is 1. The maximum atomic E-state index is 13.7. The third-order valence-corrected chi connectivity index (χ3v) is 7.28. The first-order valence-electron chi connectivity index (χ1n) is 10.9. The van der Waals surface area contributed by atoms with E-state index in [0.717, 1.165) is 6.42 Å². The molecule has 7 atom stereocenters. The molecule has 0 saturated carbocycles. The Labute approximate surface area is 175 Å². The molecule has 5 rings (SSSR count). The van der Waals surface area contributed by atoms with Gasteiger partial charge >= 0.3 is 0 Å². The molecule has 0 radical (unpaired) electrons. The Bertz CT molecular complexity index is 907. The summed E-state index contributed by atoms with van der Waals surface area (Å²) in [6, 6.07) is 2.68. The summed E-state index contributed by atoms with van der Waals surface area (Å²) in [5, 5.41) is 3.00. The van der Waals surface area contributed by atoms with Gasteiger partial charge < -0.3 is 19.4 Å². The van der Waals surface area contributed by atoms with Crippen molar-refractivity contribution in [1.82, 2.24) is 10.2 Å². The fraction of sp³-hybridized carbons (Fsp3) is 0.609. The second kappa shape index (κ2) is 6.80. The van der Waals surface area contributed by atoms with E-state index in [0.29, 0.717) is 18.2 Å². The highest BCUT2D eigenvalue weighted by Gasteiger charge is 2.74. The predicted molar refractivity (Wildman–Crippen MR) is 107 cm³/mol. The van der Waals surface area contributed by atoms with E-state index in [4.69, 9.17) is 9.15 Å². The summed E-state index contributed by atoms with van der Waals surface area (Å²) in [6.07, 6.45) is 6.05. The number of nitrogens with one attached hydrogen (secondary N) is 1. The molecule has 1 aromatic rings. The minimum absolute atomic E-state index is 0.0887. The van der Waals surface area contributed by atoms with E-state index in [9.17, 15) is 14.4 Å². The SMILES string of the molecule is CC(C)CCNC(=O)C1C2C=C[C@]3(O2)C1C(=O)N1C(c2ccco2)CC(=O)C(C)C13. The Kier molecular flexibility index (Phi) is 4.43. The first-order valence-corrected chi connectivity index (χ1v) is 10.9. The van der Waals surface area contributed by atoms with Crippen LogP contribution in [0.3, 0.4) is 0 Å². The first kappa shape index (κ1) is 19.5. The Hall–Kier alpha value is -2.41. The summed E-state index contributed by atoms with van der Waals surface area (Å²) in [5.41, 5.74) is -0.928. The third-order valence-electron chi connectivity index (χ3n) is 7.28. The van der Waals surface area contributed by atoms with Gasteiger partial charge in [0.05, 0.1) is 36.3 Å². The average molecular weight is 412 g/mol. The molecule has 3 saturated heterocycles. The van der Waals surface area contributed by atoms with Crippen LogP contribution in [0.4, 0.5) is 0 Å². The molecule has 30 heavy (non-hydrogen) atoms. The third kappa shape index (κ3) is 2.57. The van der Waals surface area contributed by atoms with Crippen molar-refractivity contribution in [1.29, 1.82) is 0 Å². The van der Waals surface area contributed by atoms with Crippen LogP contribution in [-0.2, 0) is 19.1 Å². The van der Waals surface area contributed by atoms with Gasteiger partial charge in [-0.05, 0) is 24.5 Å². The average Bonchev–Trinajstić information content (AvgIpc) is 3.46. The van der Waals surface area contributed by atoms with Crippen molar-refractivity contribution in [2.45, 2.75) is 57.4 Å². The van der Waals surface area contributed by atoms with Gasteiger partial charge in [-0.1, -0.05) is 32.9 Å². The number of rotatable bonds is 5. The van der Waals surface area contributed by atoms with Crippen LogP contribution >= 0.6 is 0 Å². The maximum absolute atomic E-state index is 13.7. The Balaban J connectivity index is 1.49. The van der Waals surface area contributed by atoms with Gasteiger partial charge in [0.15, 0.2) is 0 Å². The molecule has 1 aromatic heterocycles. The second-order valence-electron chi connectivity index (χ2n) is 9.45. The Morgan fingerprint density at radius 3 is 2.87 bits per heavy atom. The molecule has 0 aromatic carbocycles. The molecule has 3 fully saturated rings. The van der Waals surface area contributed by atoms with Crippen molar-refractivity contribution in [3.8, 4) is 0 Å². The summed E-state index contributed by atoms with van der Waals surface area (Å²) >= 11 is 0. The molecule has 1 N–H and O–H groups in total. The van der Waals surface area contributed by atoms with Gasteiger partial charge in [-0.2, -0.15) is 0 Å². The van der Waals surface area contributed by atoms with E-state index < -0.39 is 35.6 Å². The molecular formula is C23H28N2O5. The monoisotopic (exact) mass is 412 g/mol. The number of amides is 2. The minimum atomic E-state index is -0.928. The Morgan fingerprint density at radius 1 is 1.37 bits per heavy atom. The number of furan rings is 1. The highest BCUT2D eigenvalue weighted by molar-refractivity contribution is 5.96. The molecule has 2 bridgehead atoms. The molecule has 0 aliphatic carbocycles. The number of ketones is 1. The fourth-order valence-corrected chi connectivity index (χ4v) is 5.86. The van der Waals surface area contributed by atoms with Crippen LogP contribution in [-0.4, -0.2) is 46.8 Å². The maximum Gasteiger partial charge on any atom is 0.230 e. The highest BCUT2D eigenvalue weighted by atomic mass is 16.5. The number of ether oxygens (including phenoxy) is 1. The van der Waals surface area contributed by atoms with Crippen LogP contribution in [0.2, 0.25) is 0 Å². The number of carbonyl (C=O) groups is 3. The Morgan fingerprint density at radius 2 is 2.17 bits per heavy atom. The van der Waals surface area contributed by atoms with Crippen molar-refractivity contribution >= 4 is 17.6 Å². The van der Waals surface area contributed by atoms with Crippen LogP contribution in [0.25, 0.3) is 0 Å². The van der Waals surface area contributed by atoms with Crippen molar-refractivity contribution in [2.75, 3.05) is 6.54 Å². The number of carbonyl (C=O) groups excluding carboxylic acids is 3. The lowest BCUT2D eigenvalue weighted by molar-refractivity contribution is -0.148. The zero-order valence-corrected chi connectivity index (χ0v) is 17.5. The van der Waals surface area contributed by atoms with Gasteiger partial charge in [0, 0.05) is 18.9 Å². The number of Topliss-reactive ketones (excluding diaryl/α,β-unsaturated/α-hetero) is 1. The van der Waals surface area contributed by atoms with Crippen molar-refractivity contribution < 1.29 is 23.5 Å². The van der Waals surface area contributed by atoms with E-state index >= 15 is 0 Å². The van der Waals surface area contributed by atoms with Gasteiger partial charge in [0.1, 0.15) is 17.1 Å². The van der Waals surface area contributed by atoms with E-state index in [1.807, 2.05) is 19.1 Å². The largest absolute Gasteiger partial charge is 0.467 e. The lowest BCUT2D eigenvalue weighted by Crippen LogP contribution is -2.55. The fourth-order valence-electron chi connectivity index (χ4n) is 5.86. The molecular weight excluding hydrogens is 384 g/mol. The summed E-state index contributed by atoms with van der Waals surface area (Å²) in [7, 11) is 0. The van der Waals surface area contributed by atoms with E-state index in [1.165, 1.54) is 0 Å². The lowest BCUT2D eigenvalue weighted by Gasteiger charge is -2.43. The molecule has 4 aliphatic rings. The number of fused-ring (bicyclic) bond motifs is 2. The zero-order chi connectivity index (χ0) is 21.2. The number of piperidine rings is 1.